The molecule has 1 aliphatic rings. The second-order valence-electron chi connectivity index (χ2n) is 8.23. The van der Waals surface area contributed by atoms with Crippen LogP contribution in [-0.4, -0.2) is 11.8 Å². The van der Waals surface area contributed by atoms with E-state index in [2.05, 4.69) is 5.32 Å². The normalized spacial score (nSPS) is 13.9. The van der Waals surface area contributed by atoms with Crippen molar-refractivity contribution in [1.82, 2.24) is 0 Å². The van der Waals surface area contributed by atoms with Gasteiger partial charge in [-0.2, -0.15) is 0 Å². The number of anilines is 2. The van der Waals surface area contributed by atoms with Gasteiger partial charge in [-0.1, -0.05) is 48.0 Å². The average Bonchev–Trinajstić information content (AvgIpc) is 2.95. The number of benzene rings is 3. The minimum absolute atomic E-state index is 0.310. The fraction of sp³-hybridized carbons (Fsp3) is 0.185. The summed E-state index contributed by atoms with van der Waals surface area (Å²) in [6.07, 6.45) is 0. The molecule has 2 amide bonds. The first-order valence-corrected chi connectivity index (χ1v) is 10.4. The van der Waals surface area contributed by atoms with Crippen LogP contribution in [0.15, 0.2) is 66.4 Å². The molecule has 0 saturated heterocycles. The molecule has 4 rings (SSSR count). The summed E-state index contributed by atoms with van der Waals surface area (Å²) in [5, 5.41) is 3.30. The monoisotopic (exact) mass is 410 g/mol. The fourth-order valence-electron chi connectivity index (χ4n) is 4.01. The predicted molar refractivity (Wildman–Crippen MR) is 126 cm³/mol. The SMILES string of the molecule is Cc1cccc(N2C(=O)C(Nc3cccc(C)c3C)=C(c3ccc(C)cc3C)C2=O)c1. The highest BCUT2D eigenvalue weighted by atomic mass is 16.2. The van der Waals surface area contributed by atoms with Crippen molar-refractivity contribution in [2.45, 2.75) is 34.6 Å². The molecule has 0 spiro atoms. The zero-order chi connectivity index (χ0) is 22.3. The van der Waals surface area contributed by atoms with Crippen LogP contribution in [0.2, 0.25) is 0 Å². The molecule has 1 heterocycles. The van der Waals surface area contributed by atoms with Gasteiger partial charge in [0.1, 0.15) is 5.70 Å². The molecule has 0 radical (unpaired) electrons. The minimum atomic E-state index is -0.341. The Morgan fingerprint density at radius 3 is 2.13 bits per heavy atom. The van der Waals surface area contributed by atoms with Crippen LogP contribution in [0.25, 0.3) is 5.57 Å². The van der Waals surface area contributed by atoms with E-state index in [-0.39, 0.29) is 11.8 Å². The number of nitrogens with one attached hydrogen (secondary N) is 1. The molecule has 0 saturated carbocycles. The summed E-state index contributed by atoms with van der Waals surface area (Å²) in [5.74, 6) is -0.651. The van der Waals surface area contributed by atoms with Crippen LogP contribution in [-0.2, 0) is 9.59 Å². The molecule has 4 heteroatoms. The quantitative estimate of drug-likeness (QED) is 0.568. The molecule has 156 valence electrons. The van der Waals surface area contributed by atoms with E-state index < -0.39 is 0 Å². The van der Waals surface area contributed by atoms with E-state index in [0.717, 1.165) is 39.1 Å². The molecular formula is C27H26N2O2. The maximum absolute atomic E-state index is 13.6. The van der Waals surface area contributed by atoms with E-state index in [9.17, 15) is 9.59 Å². The highest BCUT2D eigenvalue weighted by Gasteiger charge is 2.40. The van der Waals surface area contributed by atoms with Crippen molar-refractivity contribution in [3.63, 3.8) is 0 Å². The van der Waals surface area contributed by atoms with E-state index >= 15 is 0 Å². The molecular weight excluding hydrogens is 384 g/mol. The number of hydrogen-bond acceptors (Lipinski definition) is 3. The van der Waals surface area contributed by atoms with Gasteiger partial charge in [-0.25, -0.2) is 4.90 Å². The van der Waals surface area contributed by atoms with Crippen molar-refractivity contribution in [3.05, 3.63) is 99.7 Å². The van der Waals surface area contributed by atoms with Gasteiger partial charge < -0.3 is 5.32 Å². The Morgan fingerprint density at radius 1 is 0.710 bits per heavy atom. The number of aryl methyl sites for hydroxylation is 4. The summed E-state index contributed by atoms with van der Waals surface area (Å²) in [7, 11) is 0. The molecule has 3 aromatic carbocycles. The van der Waals surface area contributed by atoms with Crippen LogP contribution in [0.5, 0.6) is 0 Å². The molecule has 0 aromatic heterocycles. The molecule has 0 unspecified atom stereocenters. The first-order chi connectivity index (χ1) is 14.8. The van der Waals surface area contributed by atoms with Crippen molar-refractivity contribution in [1.29, 1.82) is 0 Å². The zero-order valence-corrected chi connectivity index (χ0v) is 18.5. The largest absolute Gasteiger partial charge is 0.350 e. The Kier molecular flexibility index (Phi) is 5.24. The van der Waals surface area contributed by atoms with Gasteiger partial charge in [-0.15, -0.1) is 0 Å². The number of carbonyl (C=O) groups is 2. The lowest BCUT2D eigenvalue weighted by atomic mass is 9.97. The number of amides is 2. The molecule has 0 bridgehead atoms. The zero-order valence-electron chi connectivity index (χ0n) is 18.5. The second kappa shape index (κ2) is 7.88. The van der Waals surface area contributed by atoms with Crippen LogP contribution in [0, 0.1) is 34.6 Å². The Balaban J connectivity index is 1.89. The number of rotatable bonds is 4. The lowest BCUT2D eigenvalue weighted by Gasteiger charge is -2.16. The Bertz CT molecular complexity index is 1250. The molecule has 0 fully saturated rings. The molecule has 1 N–H and O–H groups in total. The van der Waals surface area contributed by atoms with Gasteiger partial charge in [-0.05, 0) is 80.6 Å². The minimum Gasteiger partial charge on any atom is -0.350 e. The van der Waals surface area contributed by atoms with E-state index in [1.54, 1.807) is 6.07 Å². The number of imide groups is 1. The summed E-state index contributed by atoms with van der Waals surface area (Å²) >= 11 is 0. The molecule has 1 aliphatic heterocycles. The van der Waals surface area contributed by atoms with Crippen LogP contribution < -0.4 is 10.2 Å². The summed E-state index contributed by atoms with van der Waals surface area (Å²) in [6, 6.07) is 19.3. The predicted octanol–water partition coefficient (Wildman–Crippen LogP) is 5.63. The van der Waals surface area contributed by atoms with Gasteiger partial charge in [0.15, 0.2) is 0 Å². The first-order valence-electron chi connectivity index (χ1n) is 10.4. The smallest absolute Gasteiger partial charge is 0.282 e. The van der Waals surface area contributed by atoms with Gasteiger partial charge in [0.05, 0.1) is 11.3 Å². The van der Waals surface area contributed by atoms with Crippen molar-refractivity contribution in [2.75, 3.05) is 10.2 Å². The van der Waals surface area contributed by atoms with Gasteiger partial charge >= 0.3 is 0 Å². The van der Waals surface area contributed by atoms with Gasteiger partial charge in [0.25, 0.3) is 11.8 Å². The number of hydrogen-bond donors (Lipinski definition) is 1. The van der Waals surface area contributed by atoms with Gasteiger partial charge in [-0.3, -0.25) is 9.59 Å². The summed E-state index contributed by atoms with van der Waals surface area (Å²) in [5.41, 5.74) is 8.11. The summed E-state index contributed by atoms with van der Waals surface area (Å²) in [4.78, 5) is 28.5. The van der Waals surface area contributed by atoms with Crippen molar-refractivity contribution >= 4 is 28.8 Å². The van der Waals surface area contributed by atoms with Crippen LogP contribution in [0.3, 0.4) is 0 Å². The summed E-state index contributed by atoms with van der Waals surface area (Å²) < 4.78 is 0. The molecule has 31 heavy (non-hydrogen) atoms. The second-order valence-corrected chi connectivity index (χ2v) is 8.23. The van der Waals surface area contributed by atoms with Crippen LogP contribution in [0.4, 0.5) is 11.4 Å². The maximum Gasteiger partial charge on any atom is 0.282 e. The molecule has 4 nitrogen and oxygen atoms in total. The lowest BCUT2D eigenvalue weighted by Crippen LogP contribution is -2.32. The van der Waals surface area contributed by atoms with Crippen molar-refractivity contribution < 1.29 is 9.59 Å². The lowest BCUT2D eigenvalue weighted by molar-refractivity contribution is -0.120. The fourth-order valence-corrected chi connectivity index (χ4v) is 4.01. The average molecular weight is 411 g/mol. The van der Waals surface area contributed by atoms with Gasteiger partial charge in [0, 0.05) is 5.69 Å². The van der Waals surface area contributed by atoms with E-state index in [1.807, 2.05) is 89.2 Å². The molecule has 3 aromatic rings. The van der Waals surface area contributed by atoms with Crippen LogP contribution in [0.1, 0.15) is 33.4 Å². The van der Waals surface area contributed by atoms with E-state index in [1.165, 1.54) is 4.90 Å². The van der Waals surface area contributed by atoms with Crippen molar-refractivity contribution in [2.24, 2.45) is 0 Å². The Hall–Kier alpha value is -3.66. The standard InChI is InChI=1S/C27H26N2O2/c1-16-8-6-10-21(15-16)29-26(30)24(22-13-12-17(2)14-19(22)4)25(27(29)31)28-23-11-7-9-18(3)20(23)5/h6-15,28H,1-5H3. The van der Waals surface area contributed by atoms with E-state index in [4.69, 9.17) is 0 Å². The number of carbonyl (C=O) groups excluding carboxylic acids is 2. The third-order valence-electron chi connectivity index (χ3n) is 5.86. The summed E-state index contributed by atoms with van der Waals surface area (Å²) in [6.45, 7) is 9.97. The molecule has 0 aliphatic carbocycles. The van der Waals surface area contributed by atoms with Crippen LogP contribution >= 0.6 is 0 Å². The third-order valence-corrected chi connectivity index (χ3v) is 5.86. The third kappa shape index (κ3) is 3.66. The van der Waals surface area contributed by atoms with Crippen molar-refractivity contribution in [3.8, 4) is 0 Å². The highest BCUT2D eigenvalue weighted by molar-refractivity contribution is 6.46. The van der Waals surface area contributed by atoms with E-state index in [0.29, 0.717) is 17.0 Å². The maximum atomic E-state index is 13.6. The van der Waals surface area contributed by atoms with Gasteiger partial charge in [0.2, 0.25) is 0 Å². The highest BCUT2D eigenvalue weighted by Crippen LogP contribution is 2.36. The number of nitrogens with zero attached hydrogens (tertiary/aromatic N) is 1. The topological polar surface area (TPSA) is 49.4 Å². The molecule has 0 atom stereocenters. The Labute approximate surface area is 183 Å². The first kappa shape index (κ1) is 20.6. The Morgan fingerprint density at radius 2 is 1.42 bits per heavy atom.